The molecule has 1 fully saturated rings. The van der Waals surface area contributed by atoms with Gasteiger partial charge in [-0.25, -0.2) is 0 Å². The van der Waals surface area contributed by atoms with E-state index in [9.17, 15) is 9.59 Å². The van der Waals surface area contributed by atoms with Gasteiger partial charge in [0.1, 0.15) is 6.04 Å². The van der Waals surface area contributed by atoms with Crippen LogP contribution in [0.5, 0.6) is 0 Å². The van der Waals surface area contributed by atoms with Crippen molar-refractivity contribution in [2.45, 2.75) is 18.9 Å². The molecule has 2 N–H and O–H groups in total. The first-order chi connectivity index (χ1) is 8.56. The maximum absolute atomic E-state index is 12.0. The van der Waals surface area contributed by atoms with Gasteiger partial charge in [-0.05, 0) is 13.0 Å². The number of piperazine rings is 1. The minimum absolute atomic E-state index is 0.0561. The van der Waals surface area contributed by atoms with E-state index in [1.165, 1.54) is 0 Å². The fraction of sp³-hybridized carbons (Fsp3) is 0.833. The summed E-state index contributed by atoms with van der Waals surface area (Å²) in [6.07, 6.45) is 1.31. The van der Waals surface area contributed by atoms with Crippen LogP contribution in [-0.2, 0) is 9.59 Å². The van der Waals surface area contributed by atoms with Gasteiger partial charge in [-0.2, -0.15) is 0 Å². The van der Waals surface area contributed by atoms with E-state index in [-0.39, 0.29) is 17.9 Å². The molecule has 2 amide bonds. The number of nitrogens with zero attached hydrogens (tertiary/aromatic N) is 2. The number of rotatable bonds is 5. The van der Waals surface area contributed by atoms with Crippen molar-refractivity contribution in [2.75, 3.05) is 47.3 Å². The van der Waals surface area contributed by atoms with Gasteiger partial charge in [-0.1, -0.05) is 0 Å². The molecule has 0 radical (unpaired) electrons. The summed E-state index contributed by atoms with van der Waals surface area (Å²) in [4.78, 5) is 27.0. The fourth-order valence-electron chi connectivity index (χ4n) is 2.12. The zero-order chi connectivity index (χ0) is 13.5. The molecule has 0 bridgehead atoms. The predicted molar refractivity (Wildman–Crippen MR) is 70.2 cm³/mol. The van der Waals surface area contributed by atoms with Crippen LogP contribution >= 0.6 is 0 Å². The second-order valence-corrected chi connectivity index (χ2v) is 4.77. The second-order valence-electron chi connectivity index (χ2n) is 4.77. The lowest BCUT2D eigenvalue weighted by molar-refractivity contribution is -0.135. The Morgan fingerprint density at radius 1 is 1.44 bits per heavy atom. The van der Waals surface area contributed by atoms with E-state index in [1.54, 1.807) is 26.0 Å². The quantitative estimate of drug-likeness (QED) is 0.654. The van der Waals surface area contributed by atoms with Crippen LogP contribution in [0.2, 0.25) is 0 Å². The van der Waals surface area contributed by atoms with Crippen LogP contribution < -0.4 is 10.6 Å². The molecule has 1 unspecified atom stereocenters. The first-order valence-corrected chi connectivity index (χ1v) is 6.42. The van der Waals surface area contributed by atoms with Gasteiger partial charge in [0, 0.05) is 47.2 Å². The number of carbonyl (C=O) groups is 2. The molecule has 0 aliphatic carbocycles. The van der Waals surface area contributed by atoms with Gasteiger partial charge < -0.3 is 15.5 Å². The Hall–Kier alpha value is -1.14. The molecule has 0 spiro atoms. The van der Waals surface area contributed by atoms with Gasteiger partial charge in [0.25, 0.3) is 0 Å². The maximum Gasteiger partial charge on any atom is 0.240 e. The summed E-state index contributed by atoms with van der Waals surface area (Å²) in [5, 5.41) is 5.85. The monoisotopic (exact) mass is 256 g/mol. The SMILES string of the molecule is CNC(=O)CCCN1CCNCC1C(=O)N(C)C. The molecule has 1 saturated heterocycles. The number of amides is 2. The topological polar surface area (TPSA) is 64.7 Å². The molecule has 0 aromatic rings. The average molecular weight is 256 g/mol. The van der Waals surface area contributed by atoms with Crippen molar-refractivity contribution in [3.8, 4) is 0 Å². The molecule has 18 heavy (non-hydrogen) atoms. The molecule has 0 saturated carbocycles. The van der Waals surface area contributed by atoms with Crippen molar-refractivity contribution in [1.82, 2.24) is 20.4 Å². The number of nitrogens with one attached hydrogen (secondary N) is 2. The standard InChI is InChI=1S/C12H24N4O2/c1-13-11(17)5-4-7-16-8-6-14-9-10(16)12(18)15(2)3/h10,14H,4-9H2,1-3H3,(H,13,17). The van der Waals surface area contributed by atoms with Crippen LogP contribution in [0, 0.1) is 0 Å². The molecular formula is C12H24N4O2. The van der Waals surface area contributed by atoms with E-state index in [2.05, 4.69) is 15.5 Å². The van der Waals surface area contributed by atoms with Crippen LogP contribution in [-0.4, -0.2) is 75.0 Å². The van der Waals surface area contributed by atoms with Crippen LogP contribution in [0.3, 0.4) is 0 Å². The maximum atomic E-state index is 12.0. The van der Waals surface area contributed by atoms with Crippen molar-refractivity contribution in [3.63, 3.8) is 0 Å². The molecule has 1 aliphatic rings. The summed E-state index contributed by atoms with van der Waals surface area (Å²) in [6, 6.07) is -0.0987. The van der Waals surface area contributed by atoms with Crippen molar-refractivity contribution in [3.05, 3.63) is 0 Å². The highest BCUT2D eigenvalue weighted by Gasteiger charge is 2.29. The molecule has 6 heteroatoms. The lowest BCUT2D eigenvalue weighted by atomic mass is 10.1. The normalized spacial score (nSPS) is 20.5. The Bertz CT molecular complexity index is 294. The van der Waals surface area contributed by atoms with Crippen molar-refractivity contribution in [2.24, 2.45) is 0 Å². The predicted octanol–water partition coefficient (Wildman–Crippen LogP) is -1.13. The molecule has 1 heterocycles. The third kappa shape index (κ3) is 4.27. The lowest BCUT2D eigenvalue weighted by Crippen LogP contribution is -2.57. The second kappa shape index (κ2) is 7.33. The molecule has 1 atom stereocenters. The van der Waals surface area contributed by atoms with E-state index < -0.39 is 0 Å². The van der Waals surface area contributed by atoms with Crippen molar-refractivity contribution in [1.29, 1.82) is 0 Å². The zero-order valence-corrected chi connectivity index (χ0v) is 11.5. The Morgan fingerprint density at radius 2 is 2.17 bits per heavy atom. The fourth-order valence-corrected chi connectivity index (χ4v) is 2.12. The van der Waals surface area contributed by atoms with Gasteiger partial charge in [0.2, 0.25) is 11.8 Å². The van der Waals surface area contributed by atoms with Gasteiger partial charge in [0.15, 0.2) is 0 Å². The first kappa shape index (κ1) is 14.9. The van der Waals surface area contributed by atoms with Crippen molar-refractivity contribution >= 4 is 11.8 Å². The van der Waals surface area contributed by atoms with Crippen LogP contribution in [0.4, 0.5) is 0 Å². The van der Waals surface area contributed by atoms with E-state index in [1.807, 2.05) is 0 Å². The minimum Gasteiger partial charge on any atom is -0.359 e. The first-order valence-electron chi connectivity index (χ1n) is 6.42. The highest BCUT2D eigenvalue weighted by Crippen LogP contribution is 2.07. The largest absolute Gasteiger partial charge is 0.359 e. The van der Waals surface area contributed by atoms with E-state index in [0.29, 0.717) is 13.0 Å². The Kier molecular flexibility index (Phi) is 6.07. The highest BCUT2D eigenvalue weighted by atomic mass is 16.2. The van der Waals surface area contributed by atoms with Crippen LogP contribution in [0.25, 0.3) is 0 Å². The smallest absolute Gasteiger partial charge is 0.240 e. The third-order valence-electron chi connectivity index (χ3n) is 3.21. The summed E-state index contributed by atoms with van der Waals surface area (Å²) in [6.45, 7) is 3.24. The van der Waals surface area contributed by atoms with Gasteiger partial charge >= 0.3 is 0 Å². The number of hydrogen-bond donors (Lipinski definition) is 2. The summed E-state index contributed by atoms with van der Waals surface area (Å²) in [5.74, 6) is 0.183. The summed E-state index contributed by atoms with van der Waals surface area (Å²) in [7, 11) is 5.20. The summed E-state index contributed by atoms with van der Waals surface area (Å²) in [5.41, 5.74) is 0. The highest BCUT2D eigenvalue weighted by molar-refractivity contribution is 5.81. The molecule has 0 aromatic carbocycles. The Morgan fingerprint density at radius 3 is 2.78 bits per heavy atom. The number of likely N-dealkylation sites (N-methyl/N-ethyl adjacent to an activating group) is 1. The Labute approximate surface area is 109 Å². The third-order valence-corrected chi connectivity index (χ3v) is 3.21. The zero-order valence-electron chi connectivity index (χ0n) is 11.5. The van der Waals surface area contributed by atoms with Crippen LogP contribution in [0.15, 0.2) is 0 Å². The van der Waals surface area contributed by atoms with Gasteiger partial charge in [-0.3, -0.25) is 14.5 Å². The average Bonchev–Trinajstić information content (AvgIpc) is 2.38. The molecular weight excluding hydrogens is 232 g/mol. The van der Waals surface area contributed by atoms with E-state index in [0.717, 1.165) is 26.1 Å². The lowest BCUT2D eigenvalue weighted by Gasteiger charge is -2.36. The minimum atomic E-state index is -0.0987. The van der Waals surface area contributed by atoms with Crippen molar-refractivity contribution < 1.29 is 9.59 Å². The molecule has 0 aromatic heterocycles. The number of carbonyl (C=O) groups excluding carboxylic acids is 2. The summed E-state index contributed by atoms with van der Waals surface area (Å²) < 4.78 is 0. The van der Waals surface area contributed by atoms with Gasteiger partial charge in [0.05, 0.1) is 0 Å². The molecule has 104 valence electrons. The number of hydrogen-bond acceptors (Lipinski definition) is 4. The molecule has 1 aliphatic heterocycles. The Balaban J connectivity index is 2.44. The molecule has 6 nitrogen and oxygen atoms in total. The van der Waals surface area contributed by atoms with E-state index in [4.69, 9.17) is 0 Å². The summed E-state index contributed by atoms with van der Waals surface area (Å²) >= 11 is 0. The van der Waals surface area contributed by atoms with Gasteiger partial charge in [-0.15, -0.1) is 0 Å². The van der Waals surface area contributed by atoms with Crippen LogP contribution in [0.1, 0.15) is 12.8 Å². The van der Waals surface area contributed by atoms with E-state index >= 15 is 0 Å². The molecule has 1 rings (SSSR count).